The Balaban J connectivity index is 2.12. The average Bonchev–Trinajstić information content (AvgIpc) is 2.67. The molecule has 2 rings (SSSR count). The first-order valence-corrected chi connectivity index (χ1v) is 5.98. The molecule has 4 nitrogen and oxygen atoms in total. The maximum Gasteiger partial charge on any atom is 0.321 e. The monoisotopic (exact) mass is 226 g/mol. The van der Waals surface area contributed by atoms with Crippen LogP contribution in [-0.2, 0) is 9.59 Å². The second kappa shape index (κ2) is 3.75. The predicted molar refractivity (Wildman–Crippen MR) is 57.1 cm³/mol. The molecule has 1 spiro atoms. The van der Waals surface area contributed by atoms with Crippen LogP contribution in [0.2, 0.25) is 0 Å². The zero-order chi connectivity index (χ0) is 11.8. The van der Waals surface area contributed by atoms with Crippen LogP contribution in [0.3, 0.4) is 0 Å². The predicted octanol–water partition coefficient (Wildman–Crippen LogP) is 2.28. The van der Waals surface area contributed by atoms with Gasteiger partial charge in [-0.25, -0.2) is 0 Å². The van der Waals surface area contributed by atoms with Crippen LogP contribution in [0.4, 0.5) is 0 Å². The molecule has 2 saturated carbocycles. The second-order valence-electron chi connectivity index (χ2n) is 5.40. The molecule has 0 aliphatic heterocycles. The summed E-state index contributed by atoms with van der Waals surface area (Å²) in [5, 5.41) is 18.2. The van der Waals surface area contributed by atoms with Crippen LogP contribution < -0.4 is 0 Å². The Morgan fingerprint density at radius 1 is 0.750 bits per heavy atom. The Morgan fingerprint density at radius 3 is 1.56 bits per heavy atom. The Kier molecular flexibility index (Phi) is 2.68. The molecule has 0 unspecified atom stereocenters. The zero-order valence-electron chi connectivity index (χ0n) is 9.37. The maximum atomic E-state index is 11.1. The normalized spacial score (nSPS) is 26.8. The average molecular weight is 226 g/mol. The molecule has 0 aromatic heterocycles. The van der Waals surface area contributed by atoms with E-state index in [2.05, 4.69) is 0 Å². The van der Waals surface area contributed by atoms with Gasteiger partial charge in [0.2, 0.25) is 0 Å². The third-order valence-electron chi connectivity index (χ3n) is 4.65. The molecule has 0 saturated heterocycles. The van der Waals surface area contributed by atoms with Crippen molar-refractivity contribution < 1.29 is 19.8 Å². The van der Waals surface area contributed by atoms with Crippen molar-refractivity contribution in [2.24, 2.45) is 10.8 Å². The van der Waals surface area contributed by atoms with Gasteiger partial charge in [-0.2, -0.15) is 0 Å². The summed E-state index contributed by atoms with van der Waals surface area (Å²) in [5.74, 6) is -2.32. The highest BCUT2D eigenvalue weighted by Crippen LogP contribution is 2.53. The van der Waals surface area contributed by atoms with E-state index >= 15 is 0 Å². The molecular formula is C12H18O4. The zero-order valence-corrected chi connectivity index (χ0v) is 9.37. The molecule has 16 heavy (non-hydrogen) atoms. The Hall–Kier alpha value is -1.06. The molecule has 2 aliphatic carbocycles. The Labute approximate surface area is 94.7 Å². The summed E-state index contributed by atoms with van der Waals surface area (Å²) in [4.78, 5) is 22.3. The minimum absolute atomic E-state index is 0.272. The summed E-state index contributed by atoms with van der Waals surface area (Å²) in [7, 11) is 0. The molecule has 0 bridgehead atoms. The smallest absolute Gasteiger partial charge is 0.321 e. The van der Waals surface area contributed by atoms with E-state index < -0.39 is 17.4 Å². The molecule has 90 valence electrons. The van der Waals surface area contributed by atoms with Crippen LogP contribution in [0.15, 0.2) is 0 Å². The highest BCUT2D eigenvalue weighted by atomic mass is 16.4. The minimum atomic E-state index is -1.51. The van der Waals surface area contributed by atoms with Crippen molar-refractivity contribution in [1.82, 2.24) is 0 Å². The van der Waals surface area contributed by atoms with Gasteiger partial charge in [-0.1, -0.05) is 12.8 Å². The number of carbonyl (C=O) groups is 2. The summed E-state index contributed by atoms with van der Waals surface area (Å²) in [5.41, 5.74) is -1.23. The fraction of sp³-hybridized carbons (Fsp3) is 0.833. The van der Waals surface area contributed by atoms with Gasteiger partial charge in [0.1, 0.15) is 0 Å². The van der Waals surface area contributed by atoms with E-state index in [1.165, 1.54) is 12.8 Å². The lowest BCUT2D eigenvalue weighted by Gasteiger charge is -2.40. The van der Waals surface area contributed by atoms with Gasteiger partial charge in [0.15, 0.2) is 5.41 Å². The molecule has 2 aliphatic rings. The lowest BCUT2D eigenvalue weighted by molar-refractivity contribution is -0.169. The van der Waals surface area contributed by atoms with Crippen LogP contribution in [0.5, 0.6) is 0 Å². The van der Waals surface area contributed by atoms with Gasteiger partial charge in [-0.05, 0) is 43.9 Å². The maximum absolute atomic E-state index is 11.1. The van der Waals surface area contributed by atoms with Crippen LogP contribution in [-0.4, -0.2) is 22.2 Å². The van der Waals surface area contributed by atoms with E-state index in [4.69, 9.17) is 10.2 Å². The van der Waals surface area contributed by atoms with E-state index in [0.29, 0.717) is 12.8 Å². The van der Waals surface area contributed by atoms with Gasteiger partial charge in [-0.3, -0.25) is 9.59 Å². The number of hydrogen-bond donors (Lipinski definition) is 2. The quantitative estimate of drug-likeness (QED) is 0.708. The number of aliphatic carboxylic acids is 2. The number of rotatable bonds is 2. The second-order valence-corrected chi connectivity index (χ2v) is 5.40. The van der Waals surface area contributed by atoms with Crippen molar-refractivity contribution in [3.8, 4) is 0 Å². The Morgan fingerprint density at radius 2 is 1.19 bits per heavy atom. The van der Waals surface area contributed by atoms with Gasteiger partial charge in [-0.15, -0.1) is 0 Å². The van der Waals surface area contributed by atoms with E-state index in [-0.39, 0.29) is 5.41 Å². The standard InChI is InChI=1S/C12H18O4/c13-9(14)12(10(15)16)7-5-11(6-8-12)3-1-2-4-11/h1-8H2,(H,13,14)(H,15,16). The van der Waals surface area contributed by atoms with Gasteiger partial charge >= 0.3 is 11.9 Å². The molecule has 0 heterocycles. The summed E-state index contributed by atoms with van der Waals surface area (Å²) >= 11 is 0. The SMILES string of the molecule is O=C(O)C1(C(=O)O)CCC2(CCCC2)CC1. The lowest BCUT2D eigenvalue weighted by Crippen LogP contribution is -2.44. The van der Waals surface area contributed by atoms with E-state index in [0.717, 1.165) is 25.7 Å². The lowest BCUT2D eigenvalue weighted by atomic mass is 9.63. The summed E-state index contributed by atoms with van der Waals surface area (Å²) in [6, 6.07) is 0. The first-order valence-electron chi connectivity index (χ1n) is 5.98. The topological polar surface area (TPSA) is 74.6 Å². The van der Waals surface area contributed by atoms with E-state index in [9.17, 15) is 9.59 Å². The van der Waals surface area contributed by atoms with Crippen molar-refractivity contribution in [3.05, 3.63) is 0 Å². The summed E-state index contributed by atoms with van der Waals surface area (Å²) in [6.45, 7) is 0. The van der Waals surface area contributed by atoms with Crippen LogP contribution in [0.25, 0.3) is 0 Å². The largest absolute Gasteiger partial charge is 0.480 e. The summed E-state index contributed by atoms with van der Waals surface area (Å²) in [6.07, 6.45) is 6.89. The van der Waals surface area contributed by atoms with E-state index in [1.807, 2.05) is 0 Å². The highest BCUT2D eigenvalue weighted by Gasteiger charge is 2.52. The van der Waals surface area contributed by atoms with Gasteiger partial charge in [0.05, 0.1) is 0 Å². The van der Waals surface area contributed by atoms with Gasteiger partial charge < -0.3 is 10.2 Å². The van der Waals surface area contributed by atoms with Crippen molar-refractivity contribution in [1.29, 1.82) is 0 Å². The summed E-state index contributed by atoms with van der Waals surface area (Å²) < 4.78 is 0. The molecular weight excluding hydrogens is 208 g/mol. The molecule has 0 radical (unpaired) electrons. The van der Waals surface area contributed by atoms with Crippen LogP contribution in [0, 0.1) is 10.8 Å². The molecule has 2 fully saturated rings. The van der Waals surface area contributed by atoms with Gasteiger partial charge in [0, 0.05) is 0 Å². The van der Waals surface area contributed by atoms with Crippen molar-refractivity contribution in [2.75, 3.05) is 0 Å². The van der Waals surface area contributed by atoms with Crippen LogP contribution >= 0.6 is 0 Å². The Bertz CT molecular complexity index is 289. The first kappa shape index (κ1) is 11.4. The van der Waals surface area contributed by atoms with Crippen molar-refractivity contribution in [2.45, 2.75) is 51.4 Å². The fourth-order valence-electron chi connectivity index (χ4n) is 3.35. The molecule has 0 amide bonds. The van der Waals surface area contributed by atoms with E-state index in [1.54, 1.807) is 0 Å². The molecule has 0 atom stereocenters. The highest BCUT2D eigenvalue weighted by molar-refractivity contribution is 5.98. The number of hydrogen-bond acceptors (Lipinski definition) is 2. The molecule has 4 heteroatoms. The van der Waals surface area contributed by atoms with Gasteiger partial charge in [0.25, 0.3) is 0 Å². The first-order chi connectivity index (χ1) is 7.51. The third-order valence-corrected chi connectivity index (χ3v) is 4.65. The molecule has 0 aromatic carbocycles. The fourth-order valence-corrected chi connectivity index (χ4v) is 3.35. The van der Waals surface area contributed by atoms with Crippen LogP contribution in [0.1, 0.15) is 51.4 Å². The number of carboxylic acid groups (broad SMARTS) is 2. The minimum Gasteiger partial charge on any atom is -0.480 e. The third kappa shape index (κ3) is 1.60. The molecule has 0 aromatic rings. The molecule has 2 N–H and O–H groups in total. The van der Waals surface area contributed by atoms with Crippen molar-refractivity contribution >= 4 is 11.9 Å². The van der Waals surface area contributed by atoms with Crippen molar-refractivity contribution in [3.63, 3.8) is 0 Å². The number of carboxylic acids is 2.